The van der Waals surface area contributed by atoms with Gasteiger partial charge in [-0.2, -0.15) is 0 Å². The van der Waals surface area contributed by atoms with Crippen LogP contribution in [0.5, 0.6) is 0 Å². The standard InChI is InChI=1S/C14H23F2NO2/c1-2-3-7-19-13(18)17-6-4-5-14(10-17)8-11(9-14)12(15)16/h11-12H,2-10H2,1H3. The fraction of sp³-hybridized carbons (Fsp3) is 0.929. The minimum Gasteiger partial charge on any atom is -0.449 e. The van der Waals surface area contributed by atoms with Crippen molar-refractivity contribution in [2.45, 2.75) is 51.9 Å². The van der Waals surface area contributed by atoms with Crippen molar-refractivity contribution in [1.29, 1.82) is 0 Å². The van der Waals surface area contributed by atoms with Gasteiger partial charge in [-0.15, -0.1) is 0 Å². The van der Waals surface area contributed by atoms with Crippen molar-refractivity contribution in [3.05, 3.63) is 0 Å². The zero-order valence-corrected chi connectivity index (χ0v) is 11.5. The number of hydrogen-bond donors (Lipinski definition) is 0. The Bertz CT molecular complexity index is 317. The first-order valence-corrected chi connectivity index (χ1v) is 7.26. The van der Waals surface area contributed by atoms with Crippen molar-refractivity contribution in [1.82, 2.24) is 4.90 Å². The van der Waals surface area contributed by atoms with Gasteiger partial charge in [-0.3, -0.25) is 0 Å². The van der Waals surface area contributed by atoms with Gasteiger partial charge >= 0.3 is 6.09 Å². The second-order valence-electron chi connectivity index (χ2n) is 6.00. The molecule has 1 heterocycles. The number of ether oxygens (including phenoxy) is 1. The highest BCUT2D eigenvalue weighted by Gasteiger charge is 2.50. The van der Waals surface area contributed by atoms with Crippen LogP contribution in [0.1, 0.15) is 45.4 Å². The normalized spacial score (nSPS) is 30.5. The molecule has 3 nitrogen and oxygen atoms in total. The monoisotopic (exact) mass is 275 g/mol. The van der Waals surface area contributed by atoms with Crippen LogP contribution in [0.15, 0.2) is 0 Å². The lowest BCUT2D eigenvalue weighted by atomic mass is 9.58. The molecule has 1 amide bonds. The average molecular weight is 275 g/mol. The molecule has 110 valence electrons. The number of piperidine rings is 1. The Balaban J connectivity index is 1.80. The minimum atomic E-state index is -2.21. The molecule has 0 aromatic carbocycles. The van der Waals surface area contributed by atoms with Crippen LogP contribution < -0.4 is 0 Å². The molecule has 0 unspecified atom stereocenters. The summed E-state index contributed by atoms with van der Waals surface area (Å²) < 4.78 is 30.3. The van der Waals surface area contributed by atoms with Crippen LogP contribution in [0.4, 0.5) is 13.6 Å². The van der Waals surface area contributed by atoms with Crippen molar-refractivity contribution < 1.29 is 18.3 Å². The number of hydrogen-bond acceptors (Lipinski definition) is 2. The second-order valence-corrected chi connectivity index (χ2v) is 6.00. The smallest absolute Gasteiger partial charge is 0.409 e. The lowest BCUT2D eigenvalue weighted by Crippen LogP contribution is -2.53. The SMILES string of the molecule is CCCCOC(=O)N1CCCC2(CC(C(F)F)C2)C1. The molecule has 0 bridgehead atoms. The minimum absolute atomic E-state index is 0.0525. The van der Waals surface area contributed by atoms with Crippen LogP contribution in [0.3, 0.4) is 0 Å². The van der Waals surface area contributed by atoms with Gasteiger partial charge in [0.2, 0.25) is 6.43 Å². The molecule has 5 heteroatoms. The number of amides is 1. The topological polar surface area (TPSA) is 29.5 Å². The van der Waals surface area contributed by atoms with E-state index >= 15 is 0 Å². The van der Waals surface area contributed by atoms with E-state index in [2.05, 4.69) is 0 Å². The second kappa shape index (κ2) is 6.06. The summed E-state index contributed by atoms with van der Waals surface area (Å²) in [6, 6.07) is 0. The summed E-state index contributed by atoms with van der Waals surface area (Å²) in [5.41, 5.74) is -0.0525. The molecule has 1 aliphatic carbocycles. The molecule has 2 aliphatic rings. The lowest BCUT2D eigenvalue weighted by Gasteiger charge is -2.52. The molecule has 1 saturated carbocycles. The van der Waals surface area contributed by atoms with Crippen LogP contribution >= 0.6 is 0 Å². The van der Waals surface area contributed by atoms with Crippen LogP contribution in [0, 0.1) is 11.3 Å². The zero-order valence-electron chi connectivity index (χ0n) is 11.5. The lowest BCUT2D eigenvalue weighted by molar-refractivity contribution is -0.0826. The molecular weight excluding hydrogens is 252 g/mol. The van der Waals surface area contributed by atoms with Gasteiger partial charge < -0.3 is 9.64 Å². The maximum Gasteiger partial charge on any atom is 0.409 e. The van der Waals surface area contributed by atoms with Gasteiger partial charge in [-0.1, -0.05) is 13.3 Å². The van der Waals surface area contributed by atoms with Crippen molar-refractivity contribution in [3.63, 3.8) is 0 Å². The van der Waals surface area contributed by atoms with Crippen molar-refractivity contribution in [2.24, 2.45) is 11.3 Å². The van der Waals surface area contributed by atoms with E-state index in [0.29, 0.717) is 32.5 Å². The van der Waals surface area contributed by atoms with E-state index in [1.165, 1.54) is 0 Å². The predicted molar refractivity (Wildman–Crippen MR) is 68.2 cm³/mol. The number of nitrogens with zero attached hydrogens (tertiary/aromatic N) is 1. The molecule has 1 aliphatic heterocycles. The van der Waals surface area contributed by atoms with Gasteiger partial charge in [-0.05, 0) is 37.5 Å². The summed E-state index contributed by atoms with van der Waals surface area (Å²) >= 11 is 0. The van der Waals surface area contributed by atoms with Crippen molar-refractivity contribution in [2.75, 3.05) is 19.7 Å². The van der Waals surface area contributed by atoms with Gasteiger partial charge in [0.05, 0.1) is 6.61 Å². The number of carbonyl (C=O) groups excluding carboxylic acids is 1. The number of carbonyl (C=O) groups is 1. The Hall–Kier alpha value is -0.870. The quantitative estimate of drug-likeness (QED) is 0.732. The number of likely N-dealkylation sites (tertiary alicyclic amines) is 1. The van der Waals surface area contributed by atoms with Gasteiger partial charge in [0.1, 0.15) is 0 Å². The molecule has 0 aromatic heterocycles. The molecule has 1 saturated heterocycles. The van der Waals surface area contributed by atoms with Crippen LogP contribution in [-0.2, 0) is 4.74 Å². The van der Waals surface area contributed by atoms with Crippen LogP contribution in [0.25, 0.3) is 0 Å². The fourth-order valence-electron chi connectivity index (χ4n) is 3.32. The Morgan fingerprint density at radius 2 is 2.21 bits per heavy atom. The van der Waals surface area contributed by atoms with Gasteiger partial charge in [0, 0.05) is 19.0 Å². The highest BCUT2D eigenvalue weighted by atomic mass is 19.3. The van der Waals surface area contributed by atoms with E-state index in [1.54, 1.807) is 4.90 Å². The van der Waals surface area contributed by atoms with Crippen molar-refractivity contribution in [3.8, 4) is 0 Å². The average Bonchev–Trinajstić information content (AvgIpc) is 2.36. The maximum absolute atomic E-state index is 12.6. The van der Waals surface area contributed by atoms with Crippen LogP contribution in [-0.4, -0.2) is 37.1 Å². The summed E-state index contributed by atoms with van der Waals surface area (Å²) in [6.07, 6.45) is 2.37. The summed E-state index contributed by atoms with van der Waals surface area (Å²) in [7, 11) is 0. The van der Waals surface area contributed by atoms with Crippen LogP contribution in [0.2, 0.25) is 0 Å². The van der Waals surface area contributed by atoms with E-state index in [9.17, 15) is 13.6 Å². The molecule has 0 atom stereocenters. The zero-order chi connectivity index (χ0) is 13.9. The highest BCUT2D eigenvalue weighted by molar-refractivity contribution is 5.67. The third-order valence-corrected chi connectivity index (χ3v) is 4.39. The van der Waals surface area contributed by atoms with E-state index in [4.69, 9.17) is 4.74 Å². The third kappa shape index (κ3) is 3.37. The number of rotatable bonds is 4. The summed E-state index contributed by atoms with van der Waals surface area (Å²) in [4.78, 5) is 13.6. The molecule has 2 rings (SSSR count). The molecule has 2 fully saturated rings. The van der Waals surface area contributed by atoms with E-state index in [-0.39, 0.29) is 11.5 Å². The molecular formula is C14H23F2NO2. The Morgan fingerprint density at radius 3 is 2.84 bits per heavy atom. The van der Waals surface area contributed by atoms with E-state index < -0.39 is 12.3 Å². The molecule has 0 radical (unpaired) electrons. The summed E-state index contributed by atoms with van der Waals surface area (Å²) in [5.74, 6) is -0.462. The van der Waals surface area contributed by atoms with E-state index in [1.807, 2.05) is 6.92 Å². The number of alkyl halides is 2. The summed E-state index contributed by atoms with van der Waals surface area (Å²) in [5, 5.41) is 0. The number of halogens is 2. The molecule has 0 aromatic rings. The first kappa shape index (κ1) is 14.5. The Kier molecular flexibility index (Phi) is 4.63. The van der Waals surface area contributed by atoms with E-state index in [0.717, 1.165) is 25.7 Å². The Labute approximate surface area is 113 Å². The summed E-state index contributed by atoms with van der Waals surface area (Å²) in [6.45, 7) is 3.80. The Morgan fingerprint density at radius 1 is 1.47 bits per heavy atom. The van der Waals surface area contributed by atoms with Gasteiger partial charge in [0.25, 0.3) is 0 Å². The molecule has 1 spiro atoms. The third-order valence-electron chi connectivity index (χ3n) is 4.39. The van der Waals surface area contributed by atoms with Gasteiger partial charge in [0.15, 0.2) is 0 Å². The highest BCUT2D eigenvalue weighted by Crippen LogP contribution is 2.53. The van der Waals surface area contributed by atoms with Gasteiger partial charge in [-0.25, -0.2) is 13.6 Å². The maximum atomic E-state index is 12.6. The van der Waals surface area contributed by atoms with Crippen molar-refractivity contribution >= 4 is 6.09 Å². The first-order valence-electron chi connectivity index (χ1n) is 7.26. The fourth-order valence-corrected chi connectivity index (χ4v) is 3.32. The molecule has 19 heavy (non-hydrogen) atoms. The number of unbranched alkanes of at least 4 members (excludes halogenated alkanes) is 1. The first-order chi connectivity index (χ1) is 9.06. The largest absolute Gasteiger partial charge is 0.449 e. The molecule has 0 N–H and O–H groups in total. The predicted octanol–water partition coefficient (Wildman–Crippen LogP) is 3.68.